The van der Waals surface area contributed by atoms with Crippen molar-refractivity contribution >= 4 is 33.2 Å². The number of nitrogens with zero attached hydrogens (tertiary/aromatic N) is 1. The summed E-state index contributed by atoms with van der Waals surface area (Å²) in [6.07, 6.45) is 1.22. The predicted molar refractivity (Wildman–Crippen MR) is 114 cm³/mol. The van der Waals surface area contributed by atoms with Crippen LogP contribution in [0.5, 0.6) is 5.75 Å². The first-order chi connectivity index (χ1) is 14.3. The van der Waals surface area contributed by atoms with Crippen molar-refractivity contribution in [3.63, 3.8) is 0 Å². The van der Waals surface area contributed by atoms with E-state index in [0.717, 1.165) is 0 Å². The molecular formula is C21H25N3O5S. The molecule has 1 atom stereocenters. The van der Waals surface area contributed by atoms with Crippen molar-refractivity contribution in [1.29, 1.82) is 0 Å². The fraction of sp³-hybridized carbons (Fsp3) is 0.333. The predicted octanol–water partition coefficient (Wildman–Crippen LogP) is 2.69. The molecule has 2 N–H and O–H groups in total. The summed E-state index contributed by atoms with van der Waals surface area (Å²) in [5, 5.41) is 5.45. The Kier molecular flexibility index (Phi) is 6.73. The molecule has 3 rings (SSSR count). The average molecular weight is 432 g/mol. The Hall–Kier alpha value is -2.91. The van der Waals surface area contributed by atoms with Crippen LogP contribution in [0, 0.1) is 5.92 Å². The number of hydrogen-bond acceptors (Lipinski definition) is 5. The van der Waals surface area contributed by atoms with E-state index in [1.165, 1.54) is 23.4 Å². The van der Waals surface area contributed by atoms with E-state index >= 15 is 0 Å². The van der Waals surface area contributed by atoms with Gasteiger partial charge in [0.05, 0.1) is 17.9 Å². The van der Waals surface area contributed by atoms with Gasteiger partial charge >= 0.3 is 0 Å². The molecule has 1 saturated heterocycles. The molecule has 0 bridgehead atoms. The zero-order valence-corrected chi connectivity index (χ0v) is 17.7. The third-order valence-electron chi connectivity index (χ3n) is 4.92. The SMILES string of the molecule is COc1ccc(NC(=O)[C@@H]2CCCN(S(=O)(=O)c3ccc(NC(C)=O)cc3)C2)cc1. The van der Waals surface area contributed by atoms with Crippen molar-refractivity contribution in [2.45, 2.75) is 24.7 Å². The molecule has 0 aromatic heterocycles. The standard InChI is InChI=1S/C21H25N3O5S/c1-15(25)22-17-7-11-20(12-8-17)30(27,28)24-13-3-4-16(14-24)21(26)23-18-5-9-19(29-2)10-6-18/h5-12,16H,3-4,13-14H2,1-2H3,(H,22,25)(H,23,26)/t16-/m1/s1. The summed E-state index contributed by atoms with van der Waals surface area (Å²) in [7, 11) is -2.16. The number of anilines is 2. The maximum absolute atomic E-state index is 13.0. The number of carbonyl (C=O) groups is 2. The summed E-state index contributed by atoms with van der Waals surface area (Å²) >= 11 is 0. The molecule has 0 aliphatic carbocycles. The van der Waals surface area contributed by atoms with Crippen molar-refractivity contribution in [1.82, 2.24) is 4.31 Å². The van der Waals surface area contributed by atoms with Crippen molar-refractivity contribution < 1.29 is 22.7 Å². The van der Waals surface area contributed by atoms with Gasteiger partial charge in [-0.1, -0.05) is 0 Å². The van der Waals surface area contributed by atoms with Gasteiger partial charge in [-0.25, -0.2) is 8.42 Å². The lowest BCUT2D eigenvalue weighted by atomic mass is 9.99. The summed E-state index contributed by atoms with van der Waals surface area (Å²) in [6, 6.07) is 13.0. The maximum Gasteiger partial charge on any atom is 0.243 e. The van der Waals surface area contributed by atoms with Crippen LogP contribution in [0.15, 0.2) is 53.4 Å². The lowest BCUT2D eigenvalue weighted by molar-refractivity contribution is -0.121. The first-order valence-electron chi connectivity index (χ1n) is 9.62. The topological polar surface area (TPSA) is 105 Å². The molecule has 1 fully saturated rings. The summed E-state index contributed by atoms with van der Waals surface area (Å²) in [5.74, 6) is -0.185. The summed E-state index contributed by atoms with van der Waals surface area (Å²) in [6.45, 7) is 1.87. The highest BCUT2D eigenvalue weighted by molar-refractivity contribution is 7.89. The van der Waals surface area contributed by atoms with E-state index in [4.69, 9.17) is 4.74 Å². The number of rotatable bonds is 6. The van der Waals surface area contributed by atoms with Gasteiger partial charge in [0.1, 0.15) is 5.75 Å². The van der Waals surface area contributed by atoms with Crippen LogP contribution in [-0.4, -0.2) is 44.7 Å². The number of hydrogen-bond donors (Lipinski definition) is 2. The Morgan fingerprint density at radius 1 is 1.00 bits per heavy atom. The zero-order valence-electron chi connectivity index (χ0n) is 16.9. The fourth-order valence-electron chi connectivity index (χ4n) is 3.36. The largest absolute Gasteiger partial charge is 0.497 e. The van der Waals surface area contributed by atoms with Crippen molar-refractivity contribution in [3.8, 4) is 5.75 Å². The van der Waals surface area contributed by atoms with Crippen LogP contribution < -0.4 is 15.4 Å². The molecule has 1 heterocycles. The second-order valence-electron chi connectivity index (χ2n) is 7.13. The number of benzene rings is 2. The summed E-state index contributed by atoms with van der Waals surface area (Å²) in [4.78, 5) is 23.9. The molecule has 9 heteroatoms. The Morgan fingerprint density at radius 2 is 1.60 bits per heavy atom. The maximum atomic E-state index is 13.0. The van der Waals surface area contributed by atoms with E-state index in [0.29, 0.717) is 36.5 Å². The molecule has 8 nitrogen and oxygen atoms in total. The van der Waals surface area contributed by atoms with Gasteiger partial charge in [-0.2, -0.15) is 4.31 Å². The van der Waals surface area contributed by atoms with Crippen LogP contribution >= 0.6 is 0 Å². The molecule has 0 spiro atoms. The minimum atomic E-state index is -3.73. The minimum Gasteiger partial charge on any atom is -0.497 e. The van der Waals surface area contributed by atoms with Gasteiger partial charge in [0.15, 0.2) is 0 Å². The third-order valence-corrected chi connectivity index (χ3v) is 6.80. The molecule has 0 saturated carbocycles. The third kappa shape index (κ3) is 5.17. The quantitative estimate of drug-likeness (QED) is 0.732. The van der Waals surface area contributed by atoms with Gasteiger partial charge in [-0.3, -0.25) is 9.59 Å². The van der Waals surface area contributed by atoms with Gasteiger partial charge in [-0.15, -0.1) is 0 Å². The highest BCUT2D eigenvalue weighted by Crippen LogP contribution is 2.26. The molecule has 2 amide bonds. The minimum absolute atomic E-state index is 0.123. The number of amides is 2. The van der Waals surface area contributed by atoms with Crippen molar-refractivity contribution in [3.05, 3.63) is 48.5 Å². The number of carbonyl (C=O) groups excluding carboxylic acids is 2. The van der Waals surface area contributed by atoms with Crippen molar-refractivity contribution in [2.24, 2.45) is 5.92 Å². The molecule has 2 aromatic carbocycles. The Labute approximate surface area is 176 Å². The first kappa shape index (κ1) is 21.8. The smallest absolute Gasteiger partial charge is 0.243 e. The van der Waals surface area contributed by atoms with Crippen LogP contribution in [0.2, 0.25) is 0 Å². The second-order valence-corrected chi connectivity index (χ2v) is 9.06. The number of sulfonamides is 1. The van der Waals surface area contributed by atoms with Gasteiger partial charge in [0, 0.05) is 31.4 Å². The van der Waals surface area contributed by atoms with Crippen LogP contribution in [0.1, 0.15) is 19.8 Å². The average Bonchev–Trinajstić information content (AvgIpc) is 2.74. The van der Waals surface area contributed by atoms with Crippen molar-refractivity contribution in [2.75, 3.05) is 30.8 Å². The first-order valence-corrected chi connectivity index (χ1v) is 11.1. The molecule has 0 unspecified atom stereocenters. The lowest BCUT2D eigenvalue weighted by Crippen LogP contribution is -2.43. The molecule has 1 aliphatic rings. The normalized spacial score (nSPS) is 17.2. The van der Waals surface area contributed by atoms with E-state index in [1.807, 2.05) is 0 Å². The number of nitrogens with one attached hydrogen (secondary N) is 2. The Balaban J connectivity index is 1.67. The van der Waals surface area contributed by atoms with Crippen LogP contribution in [0.4, 0.5) is 11.4 Å². The molecule has 2 aromatic rings. The van der Waals surface area contributed by atoms with Gasteiger partial charge in [0.25, 0.3) is 0 Å². The Bertz CT molecular complexity index is 1000. The van der Waals surface area contributed by atoms with Gasteiger partial charge in [0.2, 0.25) is 21.8 Å². The Morgan fingerprint density at radius 3 is 2.20 bits per heavy atom. The monoisotopic (exact) mass is 431 g/mol. The lowest BCUT2D eigenvalue weighted by Gasteiger charge is -2.31. The summed E-state index contributed by atoms with van der Waals surface area (Å²) < 4.78 is 32.5. The molecule has 0 radical (unpaired) electrons. The zero-order chi connectivity index (χ0) is 21.7. The van der Waals surface area contributed by atoms with E-state index in [1.54, 1.807) is 43.5 Å². The number of methoxy groups -OCH3 is 1. The van der Waals surface area contributed by atoms with E-state index < -0.39 is 15.9 Å². The van der Waals surface area contributed by atoms with E-state index in [2.05, 4.69) is 10.6 Å². The van der Waals surface area contributed by atoms with Crippen LogP contribution in [0.3, 0.4) is 0 Å². The van der Waals surface area contributed by atoms with Crippen LogP contribution in [0.25, 0.3) is 0 Å². The number of piperidine rings is 1. The second kappa shape index (κ2) is 9.27. The number of ether oxygens (including phenoxy) is 1. The molecule has 30 heavy (non-hydrogen) atoms. The molecule has 160 valence electrons. The van der Waals surface area contributed by atoms with E-state index in [-0.39, 0.29) is 23.3 Å². The molecule has 1 aliphatic heterocycles. The summed E-state index contributed by atoms with van der Waals surface area (Å²) in [5.41, 5.74) is 1.16. The van der Waals surface area contributed by atoms with Gasteiger partial charge in [-0.05, 0) is 61.4 Å². The highest BCUT2D eigenvalue weighted by atomic mass is 32.2. The van der Waals surface area contributed by atoms with Gasteiger partial charge < -0.3 is 15.4 Å². The highest BCUT2D eigenvalue weighted by Gasteiger charge is 2.33. The fourth-order valence-corrected chi connectivity index (χ4v) is 4.88. The molecular weight excluding hydrogens is 406 g/mol. The van der Waals surface area contributed by atoms with E-state index in [9.17, 15) is 18.0 Å². The van der Waals surface area contributed by atoms with Crippen LogP contribution in [-0.2, 0) is 19.6 Å².